The Labute approximate surface area is 170 Å². The fourth-order valence-electron chi connectivity index (χ4n) is 3.45. The minimum Gasteiger partial charge on any atom is -0.460 e. The highest BCUT2D eigenvalue weighted by molar-refractivity contribution is 9.10. The maximum Gasteiger partial charge on any atom is 0.330 e. The molecule has 2 aliphatic rings. The molecule has 1 unspecified atom stereocenters. The van der Waals surface area contributed by atoms with Gasteiger partial charge in [-0.2, -0.15) is 0 Å². The summed E-state index contributed by atoms with van der Waals surface area (Å²) in [5.74, 6) is -1.57. The Morgan fingerprint density at radius 1 is 1.41 bits per heavy atom. The van der Waals surface area contributed by atoms with E-state index >= 15 is 0 Å². The van der Waals surface area contributed by atoms with Crippen molar-refractivity contribution >= 4 is 45.4 Å². The number of rotatable bonds is 6. The van der Waals surface area contributed by atoms with Gasteiger partial charge in [0.25, 0.3) is 0 Å². The van der Waals surface area contributed by atoms with Crippen molar-refractivity contribution in [3.63, 3.8) is 0 Å². The molecule has 1 amide bonds. The molecule has 6 nitrogen and oxygen atoms in total. The number of ketones is 1. The van der Waals surface area contributed by atoms with Gasteiger partial charge in [-0.3, -0.25) is 9.59 Å². The lowest BCUT2D eigenvalue weighted by molar-refractivity contribution is -0.166. The number of carbonyl (C=O) groups excluding carboxylic acids is 3. The van der Waals surface area contributed by atoms with E-state index in [1.807, 2.05) is 13.8 Å². The number of Topliss-reactive ketones (excluding diaryl/α,β-unsaturated/α-hetero) is 1. The smallest absolute Gasteiger partial charge is 0.330 e. The summed E-state index contributed by atoms with van der Waals surface area (Å²) >= 11 is 4.69. The number of alkyl halides is 1. The summed E-state index contributed by atoms with van der Waals surface area (Å²) < 4.78 is 3.04. The van der Waals surface area contributed by atoms with Gasteiger partial charge in [-0.15, -0.1) is 11.8 Å². The minimum atomic E-state index is -1.57. The molecular weight excluding hydrogens is 434 g/mol. The van der Waals surface area contributed by atoms with E-state index in [2.05, 4.69) is 22.5 Å². The second kappa shape index (κ2) is 7.07. The van der Waals surface area contributed by atoms with Gasteiger partial charge in [0.2, 0.25) is 5.91 Å². The van der Waals surface area contributed by atoms with Gasteiger partial charge >= 0.3 is 5.97 Å². The van der Waals surface area contributed by atoms with Crippen LogP contribution in [0, 0.1) is 0 Å². The number of hydrogen-bond acceptors (Lipinski definition) is 6. The van der Waals surface area contributed by atoms with Gasteiger partial charge in [-0.1, -0.05) is 58.9 Å². The van der Waals surface area contributed by atoms with E-state index in [4.69, 9.17) is 4.74 Å². The first kappa shape index (κ1) is 20.1. The first-order valence-electron chi connectivity index (χ1n) is 8.40. The highest BCUT2D eigenvalue weighted by atomic mass is 79.9. The molecule has 1 N–H and O–H groups in total. The number of esters is 1. The van der Waals surface area contributed by atoms with E-state index in [0.29, 0.717) is 5.56 Å². The topological polar surface area (TPSA) is 83.9 Å². The number of aliphatic hydroxyl groups is 1. The number of benzene rings is 1. The van der Waals surface area contributed by atoms with Crippen molar-refractivity contribution in [1.82, 2.24) is 4.90 Å². The van der Waals surface area contributed by atoms with E-state index in [-0.39, 0.29) is 6.61 Å². The molecule has 8 heteroatoms. The van der Waals surface area contributed by atoms with Crippen molar-refractivity contribution in [2.75, 3.05) is 6.61 Å². The lowest BCUT2D eigenvalue weighted by atomic mass is 9.84. The van der Waals surface area contributed by atoms with Gasteiger partial charge in [0.1, 0.15) is 24.1 Å². The third kappa shape index (κ3) is 3.03. The fourth-order valence-corrected chi connectivity index (χ4v) is 6.01. The van der Waals surface area contributed by atoms with Crippen LogP contribution < -0.4 is 0 Å². The van der Waals surface area contributed by atoms with Crippen LogP contribution in [0.25, 0.3) is 0 Å². The van der Waals surface area contributed by atoms with Crippen molar-refractivity contribution in [3.8, 4) is 0 Å². The average Bonchev–Trinajstić information content (AvgIpc) is 2.94. The van der Waals surface area contributed by atoms with Crippen LogP contribution in [0.5, 0.6) is 0 Å². The molecule has 2 saturated heterocycles. The van der Waals surface area contributed by atoms with Crippen LogP contribution in [0.2, 0.25) is 0 Å². The maximum atomic E-state index is 12.9. The zero-order chi connectivity index (χ0) is 20.0. The van der Waals surface area contributed by atoms with Crippen molar-refractivity contribution < 1.29 is 24.2 Å². The Balaban J connectivity index is 1.86. The SMILES string of the molecule is C=CCOC(=O)[C@@H]1N2C(=O)[C@@](Br)(C(O)C(=O)c3ccccc3)[C@H]2SC1(C)C. The molecule has 0 bridgehead atoms. The zero-order valence-corrected chi connectivity index (χ0v) is 17.3. The van der Waals surface area contributed by atoms with E-state index < -0.39 is 44.3 Å². The summed E-state index contributed by atoms with van der Waals surface area (Å²) in [6.45, 7) is 7.24. The summed E-state index contributed by atoms with van der Waals surface area (Å²) in [6, 6.07) is 7.51. The van der Waals surface area contributed by atoms with Gasteiger partial charge in [-0.05, 0) is 13.8 Å². The second-order valence-corrected chi connectivity index (χ2v) is 10.1. The van der Waals surface area contributed by atoms with Gasteiger partial charge in [-0.25, -0.2) is 4.79 Å². The van der Waals surface area contributed by atoms with Gasteiger partial charge in [0.15, 0.2) is 10.1 Å². The summed E-state index contributed by atoms with van der Waals surface area (Å²) in [5, 5.41) is 10.2. The number of amides is 1. The predicted molar refractivity (Wildman–Crippen MR) is 106 cm³/mol. The monoisotopic (exact) mass is 453 g/mol. The molecule has 2 heterocycles. The summed E-state index contributed by atoms with van der Waals surface area (Å²) in [5.41, 5.74) is 0.319. The quantitative estimate of drug-likeness (QED) is 0.233. The van der Waals surface area contributed by atoms with Crippen LogP contribution in [0.4, 0.5) is 0 Å². The fraction of sp³-hybridized carbons (Fsp3) is 0.421. The first-order valence-corrected chi connectivity index (χ1v) is 10.1. The lowest BCUT2D eigenvalue weighted by Gasteiger charge is -2.51. The Kier molecular flexibility index (Phi) is 5.26. The Bertz CT molecular complexity index is 799. The minimum absolute atomic E-state index is 0.0529. The highest BCUT2D eigenvalue weighted by Crippen LogP contribution is 2.59. The Morgan fingerprint density at radius 3 is 2.63 bits per heavy atom. The molecule has 0 spiro atoms. The molecule has 0 aliphatic carbocycles. The molecule has 1 aromatic rings. The van der Waals surface area contributed by atoms with Gasteiger partial charge < -0.3 is 14.7 Å². The number of thioether (sulfide) groups is 1. The molecule has 4 atom stereocenters. The molecule has 144 valence electrons. The van der Waals surface area contributed by atoms with Crippen LogP contribution in [0.1, 0.15) is 24.2 Å². The molecule has 0 aromatic heterocycles. The van der Waals surface area contributed by atoms with E-state index in [9.17, 15) is 19.5 Å². The Hall–Kier alpha value is -1.64. The zero-order valence-electron chi connectivity index (χ0n) is 14.9. The van der Waals surface area contributed by atoms with Gasteiger partial charge in [0, 0.05) is 10.3 Å². The molecule has 0 saturated carbocycles. The van der Waals surface area contributed by atoms with Crippen molar-refractivity contribution in [3.05, 3.63) is 48.6 Å². The molecule has 2 fully saturated rings. The maximum absolute atomic E-state index is 12.9. The van der Waals surface area contributed by atoms with Crippen LogP contribution in [-0.2, 0) is 14.3 Å². The van der Waals surface area contributed by atoms with Crippen molar-refractivity contribution in [2.24, 2.45) is 0 Å². The number of halogens is 1. The molecule has 0 radical (unpaired) electrons. The third-order valence-electron chi connectivity index (χ3n) is 4.80. The lowest BCUT2D eigenvalue weighted by Crippen LogP contribution is -2.75. The predicted octanol–water partition coefficient (Wildman–Crippen LogP) is 2.16. The number of ether oxygens (including phenoxy) is 1. The molecule has 27 heavy (non-hydrogen) atoms. The number of carbonyl (C=O) groups is 3. The third-order valence-corrected chi connectivity index (χ3v) is 7.96. The van der Waals surface area contributed by atoms with Crippen molar-refractivity contribution in [1.29, 1.82) is 0 Å². The first-order chi connectivity index (χ1) is 12.7. The van der Waals surface area contributed by atoms with Crippen LogP contribution in [0.3, 0.4) is 0 Å². The highest BCUT2D eigenvalue weighted by Gasteiger charge is 2.74. The molecule has 2 aliphatic heterocycles. The van der Waals surface area contributed by atoms with E-state index in [0.717, 1.165) is 0 Å². The van der Waals surface area contributed by atoms with Crippen LogP contribution in [0.15, 0.2) is 43.0 Å². The molecular formula is C19H20BrNO5S. The summed E-state index contributed by atoms with van der Waals surface area (Å²) in [4.78, 5) is 39.5. The molecule has 3 rings (SSSR count). The van der Waals surface area contributed by atoms with Gasteiger partial charge in [0.05, 0.1) is 0 Å². The summed E-state index contributed by atoms with van der Waals surface area (Å²) in [6.07, 6.45) is -0.112. The number of aliphatic hydroxyl groups excluding tert-OH is 1. The van der Waals surface area contributed by atoms with Crippen LogP contribution in [-0.4, -0.2) is 60.9 Å². The summed E-state index contributed by atoms with van der Waals surface area (Å²) in [7, 11) is 0. The largest absolute Gasteiger partial charge is 0.460 e. The molecule has 1 aromatic carbocycles. The number of hydrogen-bond donors (Lipinski definition) is 1. The number of fused-ring (bicyclic) bond motifs is 1. The second-order valence-electron chi connectivity index (χ2n) is 7.01. The standard InChI is InChI=1S/C19H20BrNO5S/c1-4-10-26-15(24)13-18(2,3)27-17-19(20,16(25)21(13)17)14(23)12(22)11-8-6-5-7-9-11/h4-9,13-14,17,23H,1,10H2,2-3H3/t13-,14?,17+,19-/m0/s1. The van der Waals surface area contributed by atoms with E-state index in [1.54, 1.807) is 30.3 Å². The number of β-lactam (4-membered cyclic amide) rings is 1. The van der Waals surface area contributed by atoms with Crippen LogP contribution >= 0.6 is 27.7 Å². The number of nitrogens with zero attached hydrogens (tertiary/aromatic N) is 1. The normalized spacial score (nSPS) is 29.5. The van der Waals surface area contributed by atoms with E-state index in [1.165, 1.54) is 22.7 Å². The average molecular weight is 454 g/mol. The Morgan fingerprint density at radius 2 is 2.04 bits per heavy atom. The van der Waals surface area contributed by atoms with Crippen molar-refractivity contribution in [2.45, 2.75) is 40.4 Å².